The molecule has 0 saturated heterocycles. The van der Waals surface area contributed by atoms with Gasteiger partial charge in [-0.2, -0.15) is 0 Å². The van der Waals surface area contributed by atoms with E-state index >= 15 is 0 Å². The van der Waals surface area contributed by atoms with Crippen molar-refractivity contribution in [3.05, 3.63) is 54.2 Å². The zero-order valence-corrected chi connectivity index (χ0v) is 14.7. The molecule has 2 rings (SSSR count). The number of pyridine rings is 1. The molecule has 1 amide bonds. The lowest BCUT2D eigenvalue weighted by Crippen LogP contribution is -3.00. The third kappa shape index (κ3) is 5.00. The molecule has 1 heterocycles. The van der Waals surface area contributed by atoms with E-state index in [2.05, 4.69) is 5.32 Å². The molecule has 2 aromatic rings. The molecule has 21 heavy (non-hydrogen) atoms. The van der Waals surface area contributed by atoms with Crippen molar-refractivity contribution in [1.82, 2.24) is 0 Å². The van der Waals surface area contributed by atoms with Crippen molar-refractivity contribution >= 4 is 17.4 Å². The van der Waals surface area contributed by atoms with Crippen LogP contribution in [0.5, 0.6) is 0 Å². The van der Waals surface area contributed by atoms with Crippen LogP contribution in [-0.2, 0) is 11.8 Å². The Bertz CT molecular complexity index is 599. The van der Waals surface area contributed by atoms with E-state index in [1.54, 1.807) is 0 Å². The van der Waals surface area contributed by atoms with Gasteiger partial charge in [-0.1, -0.05) is 23.8 Å². The number of aryl methyl sites for hydroxylation is 2. The zero-order valence-electron chi connectivity index (χ0n) is 12.5. The molecule has 0 saturated carbocycles. The molecule has 0 fully saturated rings. The maximum absolute atomic E-state index is 12.0. The van der Waals surface area contributed by atoms with E-state index < -0.39 is 0 Å². The van der Waals surface area contributed by atoms with Crippen LogP contribution in [0.1, 0.15) is 5.56 Å². The highest BCUT2D eigenvalue weighted by atomic mass is 127. The van der Waals surface area contributed by atoms with E-state index in [-0.39, 0.29) is 29.9 Å². The van der Waals surface area contributed by atoms with E-state index in [0.29, 0.717) is 6.54 Å². The Morgan fingerprint density at radius 2 is 1.86 bits per heavy atom. The molecule has 1 aromatic heterocycles. The number of hydrogen-bond acceptors (Lipinski definition) is 2. The van der Waals surface area contributed by atoms with Crippen molar-refractivity contribution in [2.45, 2.75) is 6.92 Å². The summed E-state index contributed by atoms with van der Waals surface area (Å²) in [6.07, 6.45) is 1.96. The fraction of sp³-hybridized carbons (Fsp3) is 0.250. The summed E-state index contributed by atoms with van der Waals surface area (Å²) in [5, 5.41) is 2.90. The zero-order chi connectivity index (χ0) is 14.5. The summed E-state index contributed by atoms with van der Waals surface area (Å²) < 4.78 is 1.99. The number of benzene rings is 1. The standard InChI is InChI=1S/C16H19N3O.HI/c1-13-7-9-14(10-8-13)17-15(20)12-19(3)16-6-4-5-11-18(16)2;/h4-11H,12H2,1-3H3;1H. The van der Waals surface area contributed by atoms with E-state index in [9.17, 15) is 4.79 Å². The fourth-order valence-electron chi connectivity index (χ4n) is 2.04. The summed E-state index contributed by atoms with van der Waals surface area (Å²) in [5.41, 5.74) is 2.00. The summed E-state index contributed by atoms with van der Waals surface area (Å²) in [5.74, 6) is 0.965. The van der Waals surface area contributed by atoms with E-state index in [4.69, 9.17) is 0 Å². The van der Waals surface area contributed by atoms with Gasteiger partial charge >= 0.3 is 0 Å². The second kappa shape index (κ2) is 7.97. The van der Waals surface area contributed by atoms with Crippen molar-refractivity contribution in [3.63, 3.8) is 0 Å². The first-order valence-corrected chi connectivity index (χ1v) is 6.58. The predicted molar refractivity (Wildman–Crippen MR) is 80.7 cm³/mol. The summed E-state index contributed by atoms with van der Waals surface area (Å²) in [6.45, 7) is 2.33. The molecule has 0 spiro atoms. The number of nitrogens with zero attached hydrogens (tertiary/aromatic N) is 2. The molecule has 0 aliphatic rings. The van der Waals surface area contributed by atoms with Crippen LogP contribution in [0.2, 0.25) is 0 Å². The number of rotatable bonds is 4. The first kappa shape index (κ1) is 17.4. The van der Waals surface area contributed by atoms with Gasteiger partial charge in [0.2, 0.25) is 0 Å². The van der Waals surface area contributed by atoms with Gasteiger partial charge < -0.3 is 29.3 Å². The number of carbonyl (C=O) groups is 1. The van der Waals surface area contributed by atoms with Gasteiger partial charge in [-0.05, 0) is 25.1 Å². The molecule has 1 N–H and O–H groups in total. The molecule has 0 aliphatic heterocycles. The van der Waals surface area contributed by atoms with Gasteiger partial charge in [0.05, 0.1) is 20.3 Å². The maximum Gasteiger partial charge on any atom is 0.276 e. The quantitative estimate of drug-likeness (QED) is 0.526. The molecule has 0 atom stereocenters. The van der Waals surface area contributed by atoms with Gasteiger partial charge in [-0.3, -0.25) is 9.69 Å². The molecule has 1 aromatic carbocycles. The Morgan fingerprint density at radius 1 is 1.19 bits per heavy atom. The van der Waals surface area contributed by atoms with Crippen LogP contribution in [0.3, 0.4) is 0 Å². The number of halogens is 1. The molecule has 0 bridgehead atoms. The Balaban J connectivity index is 0.00000220. The lowest BCUT2D eigenvalue weighted by atomic mass is 10.2. The van der Waals surface area contributed by atoms with Gasteiger partial charge in [-0.15, -0.1) is 0 Å². The Morgan fingerprint density at radius 3 is 2.48 bits per heavy atom. The second-order valence-electron chi connectivity index (χ2n) is 4.94. The van der Waals surface area contributed by atoms with Gasteiger partial charge in [0, 0.05) is 11.8 Å². The SMILES string of the molecule is Cc1ccc(NC(=O)CN(C)c2cccc[n+]2C)cc1.[I-]. The molecule has 5 heteroatoms. The number of nitrogens with one attached hydrogen (secondary N) is 1. The minimum atomic E-state index is -0.0276. The van der Waals surface area contributed by atoms with Crippen LogP contribution in [0.25, 0.3) is 0 Å². The molecular formula is C16H20IN3O. The molecule has 0 radical (unpaired) electrons. The highest BCUT2D eigenvalue weighted by Crippen LogP contribution is 2.09. The smallest absolute Gasteiger partial charge is 0.276 e. The topological polar surface area (TPSA) is 36.2 Å². The molecule has 0 aliphatic carbocycles. The van der Waals surface area contributed by atoms with Crippen LogP contribution >= 0.6 is 0 Å². The Kier molecular flexibility index (Phi) is 6.61. The van der Waals surface area contributed by atoms with Crippen LogP contribution in [0.15, 0.2) is 48.7 Å². The summed E-state index contributed by atoms with van der Waals surface area (Å²) in [7, 11) is 3.87. The fourth-order valence-corrected chi connectivity index (χ4v) is 2.04. The predicted octanol–water partition coefficient (Wildman–Crippen LogP) is -1.10. The monoisotopic (exact) mass is 397 g/mol. The van der Waals surface area contributed by atoms with Crippen LogP contribution < -0.4 is 38.8 Å². The minimum Gasteiger partial charge on any atom is -1.00 e. The third-order valence-corrected chi connectivity index (χ3v) is 3.13. The Labute approximate surface area is 142 Å². The highest BCUT2D eigenvalue weighted by Gasteiger charge is 2.16. The normalized spacial score (nSPS) is 9.67. The van der Waals surface area contributed by atoms with Gasteiger partial charge in [-0.25, -0.2) is 4.57 Å². The van der Waals surface area contributed by atoms with Gasteiger partial charge in [0.15, 0.2) is 6.54 Å². The van der Waals surface area contributed by atoms with Crippen LogP contribution in [0, 0.1) is 6.92 Å². The largest absolute Gasteiger partial charge is 1.00 e. The van der Waals surface area contributed by atoms with Gasteiger partial charge in [0.1, 0.15) is 0 Å². The minimum absolute atomic E-state index is 0. The molecule has 112 valence electrons. The number of amides is 1. The number of anilines is 2. The molecule has 4 nitrogen and oxygen atoms in total. The van der Waals surface area contributed by atoms with E-state index in [0.717, 1.165) is 11.5 Å². The Hall–Kier alpha value is -1.63. The second-order valence-corrected chi connectivity index (χ2v) is 4.94. The molecule has 0 unspecified atom stereocenters. The molecular weight excluding hydrogens is 377 g/mol. The van der Waals surface area contributed by atoms with Crippen molar-refractivity contribution in [1.29, 1.82) is 0 Å². The van der Waals surface area contributed by atoms with Crippen molar-refractivity contribution < 1.29 is 33.3 Å². The van der Waals surface area contributed by atoms with E-state index in [1.165, 1.54) is 5.56 Å². The van der Waals surface area contributed by atoms with Gasteiger partial charge in [0.25, 0.3) is 11.7 Å². The lowest BCUT2D eigenvalue weighted by molar-refractivity contribution is -0.658. The first-order valence-electron chi connectivity index (χ1n) is 6.58. The average Bonchev–Trinajstić information content (AvgIpc) is 2.41. The third-order valence-electron chi connectivity index (χ3n) is 3.13. The van der Waals surface area contributed by atoms with Crippen LogP contribution in [-0.4, -0.2) is 19.5 Å². The van der Waals surface area contributed by atoms with Crippen molar-refractivity contribution in [2.75, 3.05) is 23.8 Å². The van der Waals surface area contributed by atoms with E-state index in [1.807, 2.05) is 79.1 Å². The summed E-state index contributed by atoms with van der Waals surface area (Å²) in [4.78, 5) is 14.0. The average molecular weight is 397 g/mol. The lowest BCUT2D eigenvalue weighted by Gasteiger charge is -2.13. The summed E-state index contributed by atoms with van der Waals surface area (Å²) >= 11 is 0. The number of aromatic nitrogens is 1. The van der Waals surface area contributed by atoms with Crippen molar-refractivity contribution in [3.8, 4) is 0 Å². The number of hydrogen-bond donors (Lipinski definition) is 1. The summed E-state index contributed by atoms with van der Waals surface area (Å²) in [6, 6.07) is 13.7. The number of carbonyl (C=O) groups excluding carboxylic acids is 1. The maximum atomic E-state index is 12.0. The van der Waals surface area contributed by atoms with Crippen LogP contribution in [0.4, 0.5) is 11.5 Å². The van der Waals surface area contributed by atoms with Crippen molar-refractivity contribution in [2.24, 2.45) is 7.05 Å². The highest BCUT2D eigenvalue weighted by molar-refractivity contribution is 5.93. The first-order chi connectivity index (χ1) is 9.56. The number of likely N-dealkylation sites (N-methyl/N-ethyl adjacent to an activating group) is 1.